The fourth-order valence-electron chi connectivity index (χ4n) is 0.777. The zero-order valence-corrected chi connectivity index (χ0v) is 8.46. The molecule has 1 N–H and O–H groups in total. The largest absolute Gasteiger partial charge is 0.480 e. The number of carboxylic acids is 1. The molecule has 0 aromatic heterocycles. The summed E-state index contributed by atoms with van der Waals surface area (Å²) in [5.74, 6) is -0.815. The standard InChI is InChI=1S/C8H18N2O2/c1-6-9(4)10(5)8(2,3)7(11)12/h6H2,1-5H3,(H,11,12). The Morgan fingerprint density at radius 3 is 2.08 bits per heavy atom. The Balaban J connectivity index is 4.44. The predicted octanol–water partition coefficient (Wildman–Crippen LogP) is 0.648. The van der Waals surface area contributed by atoms with Gasteiger partial charge in [0, 0.05) is 20.6 Å². The third-order valence-electron chi connectivity index (χ3n) is 2.30. The molecule has 0 bridgehead atoms. The molecular formula is C8H18N2O2. The van der Waals surface area contributed by atoms with E-state index in [1.807, 2.05) is 19.0 Å². The van der Waals surface area contributed by atoms with Crippen LogP contribution in [0.15, 0.2) is 0 Å². The van der Waals surface area contributed by atoms with Crippen LogP contribution < -0.4 is 0 Å². The second-order valence-corrected chi connectivity index (χ2v) is 3.36. The summed E-state index contributed by atoms with van der Waals surface area (Å²) in [4.78, 5) is 10.8. The van der Waals surface area contributed by atoms with Crippen LogP contribution in [0.3, 0.4) is 0 Å². The van der Waals surface area contributed by atoms with Crippen molar-refractivity contribution in [1.29, 1.82) is 0 Å². The van der Waals surface area contributed by atoms with Crippen molar-refractivity contribution in [2.24, 2.45) is 0 Å². The molecule has 0 atom stereocenters. The first-order valence-electron chi connectivity index (χ1n) is 4.02. The fourth-order valence-corrected chi connectivity index (χ4v) is 0.777. The van der Waals surface area contributed by atoms with Gasteiger partial charge in [0.25, 0.3) is 0 Å². The topological polar surface area (TPSA) is 43.8 Å². The highest BCUT2D eigenvalue weighted by Gasteiger charge is 2.33. The van der Waals surface area contributed by atoms with E-state index < -0.39 is 11.5 Å². The van der Waals surface area contributed by atoms with E-state index in [4.69, 9.17) is 5.11 Å². The number of aliphatic carboxylic acids is 1. The minimum absolute atomic E-state index is 0.799. The molecule has 4 heteroatoms. The maximum Gasteiger partial charge on any atom is 0.324 e. The zero-order valence-electron chi connectivity index (χ0n) is 8.46. The first-order chi connectivity index (χ1) is 5.34. The minimum atomic E-state index is -0.842. The summed E-state index contributed by atoms with van der Waals surface area (Å²) in [7, 11) is 3.64. The van der Waals surface area contributed by atoms with Gasteiger partial charge in [0.15, 0.2) is 0 Å². The number of carbonyl (C=O) groups is 1. The maximum absolute atomic E-state index is 10.8. The molecule has 0 saturated heterocycles. The minimum Gasteiger partial charge on any atom is -0.480 e. The lowest BCUT2D eigenvalue weighted by molar-refractivity contribution is -0.159. The third kappa shape index (κ3) is 2.19. The quantitative estimate of drug-likeness (QED) is 0.635. The molecule has 0 aliphatic heterocycles. The average molecular weight is 174 g/mol. The molecule has 0 saturated carbocycles. The monoisotopic (exact) mass is 174 g/mol. The highest BCUT2D eigenvalue weighted by atomic mass is 16.4. The molecular weight excluding hydrogens is 156 g/mol. The highest BCUT2D eigenvalue weighted by Crippen LogP contribution is 2.13. The van der Waals surface area contributed by atoms with Gasteiger partial charge in [0.05, 0.1) is 0 Å². The van der Waals surface area contributed by atoms with Crippen molar-refractivity contribution in [3.8, 4) is 0 Å². The van der Waals surface area contributed by atoms with E-state index in [9.17, 15) is 4.79 Å². The van der Waals surface area contributed by atoms with Crippen LogP contribution in [-0.2, 0) is 4.79 Å². The van der Waals surface area contributed by atoms with E-state index in [1.54, 1.807) is 25.9 Å². The van der Waals surface area contributed by atoms with Crippen LogP contribution in [0.1, 0.15) is 20.8 Å². The number of carboxylic acid groups (broad SMARTS) is 1. The fraction of sp³-hybridized carbons (Fsp3) is 0.875. The van der Waals surface area contributed by atoms with Gasteiger partial charge >= 0.3 is 5.97 Å². The Labute approximate surface area is 73.7 Å². The third-order valence-corrected chi connectivity index (χ3v) is 2.30. The van der Waals surface area contributed by atoms with Gasteiger partial charge in [0.1, 0.15) is 5.54 Å². The van der Waals surface area contributed by atoms with Crippen LogP contribution in [0.4, 0.5) is 0 Å². The van der Waals surface area contributed by atoms with Gasteiger partial charge in [-0.1, -0.05) is 6.92 Å². The van der Waals surface area contributed by atoms with Crippen molar-refractivity contribution in [3.63, 3.8) is 0 Å². The molecule has 12 heavy (non-hydrogen) atoms. The van der Waals surface area contributed by atoms with E-state index in [0.717, 1.165) is 6.54 Å². The summed E-state index contributed by atoms with van der Waals surface area (Å²) in [5.41, 5.74) is -0.842. The molecule has 0 spiro atoms. The van der Waals surface area contributed by atoms with E-state index in [2.05, 4.69) is 0 Å². The van der Waals surface area contributed by atoms with E-state index in [0.29, 0.717) is 0 Å². The summed E-state index contributed by atoms with van der Waals surface area (Å²) in [6, 6.07) is 0. The average Bonchev–Trinajstić information content (AvgIpc) is 2.01. The van der Waals surface area contributed by atoms with Crippen LogP contribution in [0, 0.1) is 0 Å². The van der Waals surface area contributed by atoms with Gasteiger partial charge in [0.2, 0.25) is 0 Å². The van der Waals surface area contributed by atoms with Crippen LogP contribution in [0.2, 0.25) is 0 Å². The van der Waals surface area contributed by atoms with Crippen molar-refractivity contribution in [1.82, 2.24) is 10.0 Å². The number of nitrogens with zero attached hydrogens (tertiary/aromatic N) is 2. The molecule has 72 valence electrons. The predicted molar refractivity (Wildman–Crippen MR) is 47.8 cm³/mol. The maximum atomic E-state index is 10.8. The Morgan fingerprint density at radius 1 is 1.42 bits per heavy atom. The Kier molecular flexibility index (Phi) is 3.67. The first-order valence-corrected chi connectivity index (χ1v) is 4.02. The number of likely N-dealkylation sites (N-methyl/N-ethyl adjacent to an activating group) is 1. The Bertz CT molecular complexity index is 168. The van der Waals surface area contributed by atoms with Crippen molar-refractivity contribution >= 4 is 5.97 Å². The summed E-state index contributed by atoms with van der Waals surface area (Å²) < 4.78 is 0. The summed E-state index contributed by atoms with van der Waals surface area (Å²) in [6.07, 6.45) is 0. The van der Waals surface area contributed by atoms with Crippen LogP contribution in [0.5, 0.6) is 0 Å². The van der Waals surface area contributed by atoms with E-state index >= 15 is 0 Å². The molecule has 0 aliphatic carbocycles. The van der Waals surface area contributed by atoms with Gasteiger partial charge in [-0.3, -0.25) is 4.79 Å². The van der Waals surface area contributed by atoms with Gasteiger partial charge in [-0.05, 0) is 13.8 Å². The SMILES string of the molecule is CCN(C)N(C)C(C)(C)C(=O)O. The zero-order chi connectivity index (χ0) is 9.94. The number of hydrazine groups is 1. The molecule has 0 aliphatic rings. The molecule has 0 amide bonds. The molecule has 0 radical (unpaired) electrons. The summed E-state index contributed by atoms with van der Waals surface area (Å²) >= 11 is 0. The number of hydrogen-bond acceptors (Lipinski definition) is 3. The second kappa shape index (κ2) is 3.87. The molecule has 0 unspecified atom stereocenters. The molecule has 0 aromatic rings. The van der Waals surface area contributed by atoms with Crippen molar-refractivity contribution in [3.05, 3.63) is 0 Å². The van der Waals surface area contributed by atoms with Gasteiger partial charge in [-0.2, -0.15) is 0 Å². The van der Waals surface area contributed by atoms with Gasteiger partial charge in [-0.15, -0.1) is 0 Å². The van der Waals surface area contributed by atoms with Crippen LogP contribution >= 0.6 is 0 Å². The van der Waals surface area contributed by atoms with Crippen molar-refractivity contribution in [2.75, 3.05) is 20.6 Å². The Hall–Kier alpha value is -0.610. The molecule has 4 nitrogen and oxygen atoms in total. The smallest absolute Gasteiger partial charge is 0.324 e. The lowest BCUT2D eigenvalue weighted by atomic mass is 10.1. The Morgan fingerprint density at radius 2 is 1.83 bits per heavy atom. The number of hydrogen-bond donors (Lipinski definition) is 1. The second-order valence-electron chi connectivity index (χ2n) is 3.36. The molecule has 0 rings (SSSR count). The summed E-state index contributed by atoms with van der Waals surface area (Å²) in [6.45, 7) is 6.14. The highest BCUT2D eigenvalue weighted by molar-refractivity contribution is 5.77. The molecule has 0 heterocycles. The van der Waals surface area contributed by atoms with E-state index in [-0.39, 0.29) is 0 Å². The normalized spacial score (nSPS) is 12.6. The van der Waals surface area contributed by atoms with Crippen LogP contribution in [-0.4, -0.2) is 47.3 Å². The summed E-state index contributed by atoms with van der Waals surface area (Å²) in [5, 5.41) is 12.5. The molecule has 0 fully saturated rings. The van der Waals surface area contributed by atoms with E-state index in [1.165, 1.54) is 0 Å². The van der Waals surface area contributed by atoms with Gasteiger partial charge in [-0.25, -0.2) is 10.0 Å². The molecule has 0 aromatic carbocycles. The van der Waals surface area contributed by atoms with Crippen molar-refractivity contribution < 1.29 is 9.90 Å². The first kappa shape index (κ1) is 11.4. The van der Waals surface area contributed by atoms with Crippen molar-refractivity contribution in [2.45, 2.75) is 26.3 Å². The lowest BCUT2D eigenvalue weighted by Gasteiger charge is -2.37. The van der Waals surface area contributed by atoms with Crippen LogP contribution in [0.25, 0.3) is 0 Å². The van der Waals surface area contributed by atoms with Gasteiger partial charge < -0.3 is 5.11 Å². The number of rotatable bonds is 4. The lowest BCUT2D eigenvalue weighted by Crippen LogP contribution is -2.54.